The van der Waals surface area contributed by atoms with E-state index in [1.807, 2.05) is 0 Å². The lowest BCUT2D eigenvalue weighted by Gasteiger charge is -2.04. The molecule has 1 aromatic rings. The lowest BCUT2D eigenvalue weighted by Crippen LogP contribution is -2.16. The highest BCUT2D eigenvalue weighted by Crippen LogP contribution is 2.38. The smallest absolute Gasteiger partial charge is 0.243 e. The zero-order chi connectivity index (χ0) is 10.3. The van der Waals surface area contributed by atoms with Gasteiger partial charge in [-0.05, 0) is 19.3 Å². The van der Waals surface area contributed by atoms with Gasteiger partial charge in [0.25, 0.3) is 0 Å². The molecule has 0 radical (unpaired) electrons. The van der Waals surface area contributed by atoms with Crippen LogP contribution in [0, 0.1) is 0 Å². The fourth-order valence-corrected chi connectivity index (χ4v) is 1.97. The molecule has 3 rings (SSSR count). The second-order valence-corrected chi connectivity index (χ2v) is 4.32. The van der Waals surface area contributed by atoms with Gasteiger partial charge in [-0.3, -0.25) is 0 Å². The number of hydrogen-bond donors (Lipinski definition) is 1. The van der Waals surface area contributed by atoms with Gasteiger partial charge in [-0.2, -0.15) is 4.98 Å². The summed E-state index contributed by atoms with van der Waals surface area (Å²) < 4.78 is 10.5. The van der Waals surface area contributed by atoms with Crippen molar-refractivity contribution >= 4 is 0 Å². The Morgan fingerprint density at radius 1 is 1.47 bits per heavy atom. The van der Waals surface area contributed by atoms with Gasteiger partial charge in [0.1, 0.15) is 0 Å². The molecule has 1 N–H and O–H groups in total. The maximum absolute atomic E-state index is 5.28. The van der Waals surface area contributed by atoms with Gasteiger partial charge in [-0.15, -0.1) is 0 Å². The van der Waals surface area contributed by atoms with E-state index in [2.05, 4.69) is 15.5 Å². The van der Waals surface area contributed by atoms with Gasteiger partial charge in [0.15, 0.2) is 5.82 Å². The minimum atomic E-state index is 0.176. The lowest BCUT2D eigenvalue weighted by molar-refractivity contribution is 0.116. The van der Waals surface area contributed by atoms with Crippen LogP contribution >= 0.6 is 0 Å². The first-order valence-corrected chi connectivity index (χ1v) is 5.46. The molecule has 5 nitrogen and oxygen atoms in total. The van der Waals surface area contributed by atoms with Crippen LogP contribution in [0.2, 0.25) is 0 Å². The molecule has 1 aromatic heterocycles. The summed E-state index contributed by atoms with van der Waals surface area (Å²) in [6.45, 7) is 0.863. The van der Waals surface area contributed by atoms with Crippen LogP contribution in [-0.4, -0.2) is 29.9 Å². The zero-order valence-electron chi connectivity index (χ0n) is 8.77. The number of rotatable bonds is 3. The fourth-order valence-electron chi connectivity index (χ4n) is 1.97. The van der Waals surface area contributed by atoms with Gasteiger partial charge in [0.05, 0.1) is 12.1 Å². The SMILES string of the molecule is COC1CNC(c2nc(C3CC3)no2)C1. The molecule has 2 unspecified atom stereocenters. The van der Waals surface area contributed by atoms with Crippen LogP contribution in [0.4, 0.5) is 0 Å². The van der Waals surface area contributed by atoms with Crippen molar-refractivity contribution < 1.29 is 9.26 Å². The Morgan fingerprint density at radius 3 is 3.00 bits per heavy atom. The number of nitrogens with one attached hydrogen (secondary N) is 1. The quantitative estimate of drug-likeness (QED) is 0.804. The van der Waals surface area contributed by atoms with E-state index in [9.17, 15) is 0 Å². The minimum Gasteiger partial charge on any atom is -0.380 e. The Hall–Kier alpha value is -0.940. The Morgan fingerprint density at radius 2 is 2.33 bits per heavy atom. The van der Waals surface area contributed by atoms with Crippen molar-refractivity contribution in [1.29, 1.82) is 0 Å². The Kier molecular flexibility index (Phi) is 2.21. The number of ether oxygens (including phenoxy) is 1. The molecule has 0 amide bonds. The number of methoxy groups -OCH3 is 1. The summed E-state index contributed by atoms with van der Waals surface area (Å²) in [7, 11) is 1.73. The van der Waals surface area contributed by atoms with E-state index in [-0.39, 0.29) is 12.1 Å². The van der Waals surface area contributed by atoms with Crippen LogP contribution in [0.3, 0.4) is 0 Å². The molecule has 2 aliphatic rings. The van der Waals surface area contributed by atoms with E-state index in [4.69, 9.17) is 9.26 Å². The zero-order valence-corrected chi connectivity index (χ0v) is 8.77. The van der Waals surface area contributed by atoms with Crippen LogP contribution in [-0.2, 0) is 4.74 Å². The summed E-state index contributed by atoms with van der Waals surface area (Å²) in [4.78, 5) is 4.43. The molecule has 1 saturated heterocycles. The highest BCUT2D eigenvalue weighted by Gasteiger charge is 2.33. The number of aromatic nitrogens is 2. The Labute approximate surface area is 88.2 Å². The summed E-state index contributed by atoms with van der Waals surface area (Å²) in [5.74, 6) is 2.16. The lowest BCUT2D eigenvalue weighted by atomic mass is 10.2. The Balaban J connectivity index is 1.70. The Bertz CT molecular complexity index is 348. The average Bonchev–Trinajstić information content (AvgIpc) is 2.84. The van der Waals surface area contributed by atoms with E-state index >= 15 is 0 Å². The normalized spacial score (nSPS) is 31.0. The average molecular weight is 209 g/mol. The molecule has 2 fully saturated rings. The number of hydrogen-bond acceptors (Lipinski definition) is 5. The molecule has 0 aromatic carbocycles. The molecule has 82 valence electrons. The van der Waals surface area contributed by atoms with Crippen molar-refractivity contribution in [1.82, 2.24) is 15.5 Å². The van der Waals surface area contributed by atoms with Crippen LogP contribution in [0.5, 0.6) is 0 Å². The van der Waals surface area contributed by atoms with Gasteiger partial charge < -0.3 is 14.6 Å². The molecule has 0 bridgehead atoms. The molecule has 5 heteroatoms. The first kappa shape index (κ1) is 9.30. The van der Waals surface area contributed by atoms with E-state index in [1.165, 1.54) is 12.8 Å². The molecule has 2 heterocycles. The molecular formula is C10H15N3O2. The van der Waals surface area contributed by atoms with Crippen LogP contribution in [0.1, 0.15) is 42.9 Å². The van der Waals surface area contributed by atoms with Crippen molar-refractivity contribution in [2.45, 2.75) is 37.3 Å². The van der Waals surface area contributed by atoms with Crippen molar-refractivity contribution in [2.24, 2.45) is 0 Å². The summed E-state index contributed by atoms with van der Waals surface area (Å²) >= 11 is 0. The van der Waals surface area contributed by atoms with E-state index < -0.39 is 0 Å². The highest BCUT2D eigenvalue weighted by molar-refractivity contribution is 5.06. The third-order valence-corrected chi connectivity index (χ3v) is 3.12. The van der Waals surface area contributed by atoms with Gasteiger partial charge >= 0.3 is 0 Å². The molecule has 1 aliphatic carbocycles. The standard InChI is InChI=1S/C10H15N3O2/c1-14-7-4-8(11-5-7)10-12-9(13-15-10)6-2-3-6/h6-8,11H,2-5H2,1H3. The minimum absolute atomic E-state index is 0.176. The van der Waals surface area contributed by atoms with E-state index in [0.29, 0.717) is 5.92 Å². The summed E-state index contributed by atoms with van der Waals surface area (Å²) in [6.07, 6.45) is 3.60. The maximum atomic E-state index is 5.28. The van der Waals surface area contributed by atoms with Crippen molar-refractivity contribution in [3.05, 3.63) is 11.7 Å². The van der Waals surface area contributed by atoms with Crippen molar-refractivity contribution in [2.75, 3.05) is 13.7 Å². The van der Waals surface area contributed by atoms with Crippen molar-refractivity contribution in [3.8, 4) is 0 Å². The molecule has 0 spiro atoms. The van der Waals surface area contributed by atoms with Gasteiger partial charge in [-0.1, -0.05) is 5.16 Å². The predicted molar refractivity (Wildman–Crippen MR) is 52.4 cm³/mol. The van der Waals surface area contributed by atoms with Crippen LogP contribution in [0.25, 0.3) is 0 Å². The number of nitrogens with zero attached hydrogens (tertiary/aromatic N) is 2. The van der Waals surface area contributed by atoms with Gasteiger partial charge in [-0.25, -0.2) is 0 Å². The molecular weight excluding hydrogens is 194 g/mol. The van der Waals surface area contributed by atoms with Crippen LogP contribution < -0.4 is 5.32 Å². The third kappa shape index (κ3) is 1.77. The fraction of sp³-hybridized carbons (Fsp3) is 0.800. The third-order valence-electron chi connectivity index (χ3n) is 3.12. The summed E-state index contributed by atoms with van der Waals surface area (Å²) in [5, 5.41) is 7.33. The molecule has 1 aliphatic heterocycles. The summed E-state index contributed by atoms with van der Waals surface area (Å²) in [6, 6.07) is 0.176. The second-order valence-electron chi connectivity index (χ2n) is 4.32. The molecule has 2 atom stereocenters. The highest BCUT2D eigenvalue weighted by atomic mass is 16.5. The first-order valence-electron chi connectivity index (χ1n) is 5.46. The molecule has 1 saturated carbocycles. The largest absolute Gasteiger partial charge is 0.380 e. The first-order chi connectivity index (χ1) is 7.36. The van der Waals surface area contributed by atoms with E-state index in [0.717, 1.165) is 24.7 Å². The van der Waals surface area contributed by atoms with Crippen LogP contribution in [0.15, 0.2) is 4.52 Å². The second kappa shape index (κ2) is 3.57. The topological polar surface area (TPSA) is 60.2 Å². The van der Waals surface area contributed by atoms with Gasteiger partial charge in [0.2, 0.25) is 5.89 Å². The molecule has 15 heavy (non-hydrogen) atoms. The van der Waals surface area contributed by atoms with E-state index in [1.54, 1.807) is 7.11 Å². The predicted octanol–water partition coefficient (Wildman–Crippen LogP) is 0.996. The maximum Gasteiger partial charge on any atom is 0.243 e. The van der Waals surface area contributed by atoms with Crippen molar-refractivity contribution in [3.63, 3.8) is 0 Å². The summed E-state index contributed by atoms with van der Waals surface area (Å²) in [5.41, 5.74) is 0. The monoisotopic (exact) mass is 209 g/mol. The van der Waals surface area contributed by atoms with Gasteiger partial charge in [0, 0.05) is 19.6 Å².